The topological polar surface area (TPSA) is 86.3 Å². The van der Waals surface area contributed by atoms with Crippen molar-refractivity contribution in [2.75, 3.05) is 6.61 Å². The van der Waals surface area contributed by atoms with Crippen molar-refractivity contribution < 1.29 is 14.3 Å². The van der Waals surface area contributed by atoms with E-state index in [0.717, 1.165) is 4.88 Å². The number of hydrogen-bond donors (Lipinski definition) is 2. The van der Waals surface area contributed by atoms with E-state index < -0.39 is 20.5 Å². The SMILES string of the molecule is CCOC(=N)C(O)c1ccc(Cl)s1.C[Si](C)(C)OC(C#N)c1ccc(Cl)s1.Cl. The number of nitrogens with one attached hydrogen (secondary N) is 1. The first-order chi connectivity index (χ1) is 12.6. The maximum absolute atomic E-state index is 9.54. The predicted octanol–water partition coefficient (Wildman–Crippen LogP) is 6.69. The molecule has 2 atom stereocenters. The van der Waals surface area contributed by atoms with Crippen LogP contribution in [0.2, 0.25) is 28.3 Å². The number of nitriles is 1. The minimum absolute atomic E-state index is 0. The van der Waals surface area contributed by atoms with Gasteiger partial charge in [-0.2, -0.15) is 5.26 Å². The number of rotatable bonds is 6. The van der Waals surface area contributed by atoms with E-state index in [0.29, 0.717) is 20.2 Å². The Kier molecular flexibility index (Phi) is 12.5. The van der Waals surface area contributed by atoms with E-state index in [2.05, 4.69) is 25.7 Å². The van der Waals surface area contributed by atoms with Crippen molar-refractivity contribution in [3.63, 3.8) is 0 Å². The third-order valence-electron chi connectivity index (χ3n) is 2.85. The molecule has 5 nitrogen and oxygen atoms in total. The molecule has 0 bridgehead atoms. The van der Waals surface area contributed by atoms with E-state index in [4.69, 9.17) is 43.0 Å². The van der Waals surface area contributed by atoms with Gasteiger partial charge in [0.25, 0.3) is 0 Å². The first-order valence-corrected chi connectivity index (χ1v) is 13.8. The highest BCUT2D eigenvalue weighted by atomic mass is 35.5. The zero-order chi connectivity index (χ0) is 20.6. The van der Waals surface area contributed by atoms with Crippen LogP contribution >= 0.6 is 58.3 Å². The molecule has 0 spiro atoms. The van der Waals surface area contributed by atoms with E-state index >= 15 is 0 Å². The second-order valence-corrected chi connectivity index (χ2v) is 14.2. The molecule has 2 N–H and O–H groups in total. The Balaban J connectivity index is 0.000000504. The van der Waals surface area contributed by atoms with Gasteiger partial charge in [-0.1, -0.05) is 23.2 Å². The quantitative estimate of drug-likeness (QED) is 0.262. The average molecular weight is 502 g/mol. The van der Waals surface area contributed by atoms with Gasteiger partial charge in [0, 0.05) is 9.75 Å². The summed E-state index contributed by atoms with van der Waals surface area (Å²) in [5.41, 5.74) is 0. The fraction of sp³-hybridized carbons (Fsp3) is 0.412. The Hall–Kier alpha value is -0.633. The van der Waals surface area contributed by atoms with Crippen LogP contribution in [-0.4, -0.2) is 25.9 Å². The number of aliphatic hydroxyl groups excluding tert-OH is 1. The lowest BCUT2D eigenvalue weighted by Crippen LogP contribution is -2.27. The van der Waals surface area contributed by atoms with Crippen molar-refractivity contribution in [3.05, 3.63) is 42.7 Å². The van der Waals surface area contributed by atoms with Gasteiger partial charge in [0.05, 0.1) is 21.3 Å². The van der Waals surface area contributed by atoms with E-state index in [9.17, 15) is 5.11 Å². The summed E-state index contributed by atoms with van der Waals surface area (Å²) < 4.78 is 11.9. The summed E-state index contributed by atoms with van der Waals surface area (Å²) in [5.74, 6) is -0.138. The van der Waals surface area contributed by atoms with Gasteiger partial charge in [0.1, 0.15) is 0 Å². The Morgan fingerprint density at radius 3 is 2.04 bits per heavy atom. The summed E-state index contributed by atoms with van der Waals surface area (Å²) in [6.45, 7) is 8.34. The number of aliphatic hydroxyl groups is 1. The Morgan fingerprint density at radius 1 is 1.18 bits per heavy atom. The van der Waals surface area contributed by atoms with Crippen molar-refractivity contribution in [2.24, 2.45) is 0 Å². The molecule has 0 fully saturated rings. The molecule has 156 valence electrons. The van der Waals surface area contributed by atoms with Crippen LogP contribution in [0.25, 0.3) is 0 Å². The van der Waals surface area contributed by atoms with Gasteiger partial charge in [0.2, 0.25) is 5.90 Å². The van der Waals surface area contributed by atoms with Crippen LogP contribution in [0.15, 0.2) is 24.3 Å². The highest BCUT2D eigenvalue weighted by Crippen LogP contribution is 2.30. The van der Waals surface area contributed by atoms with Crippen molar-refractivity contribution in [1.29, 1.82) is 10.7 Å². The number of ether oxygens (including phenoxy) is 1. The van der Waals surface area contributed by atoms with Gasteiger partial charge in [-0.3, -0.25) is 5.41 Å². The van der Waals surface area contributed by atoms with Crippen molar-refractivity contribution in [3.8, 4) is 6.07 Å². The maximum atomic E-state index is 9.54. The molecule has 0 aliphatic heterocycles. The van der Waals surface area contributed by atoms with Gasteiger partial charge < -0.3 is 14.3 Å². The largest absolute Gasteiger partial charge is 0.479 e. The number of halogens is 3. The van der Waals surface area contributed by atoms with Crippen LogP contribution < -0.4 is 0 Å². The second kappa shape index (κ2) is 12.8. The summed E-state index contributed by atoms with van der Waals surface area (Å²) in [6.07, 6.45) is -1.45. The minimum atomic E-state index is -1.67. The molecule has 28 heavy (non-hydrogen) atoms. The number of hydrogen-bond acceptors (Lipinski definition) is 7. The maximum Gasteiger partial charge on any atom is 0.215 e. The molecule has 2 aromatic heterocycles. The van der Waals surface area contributed by atoms with Crippen molar-refractivity contribution in [2.45, 2.75) is 38.8 Å². The normalized spacial score (nSPS) is 12.6. The van der Waals surface area contributed by atoms with Gasteiger partial charge in [0.15, 0.2) is 20.5 Å². The fourth-order valence-electron chi connectivity index (χ4n) is 1.81. The van der Waals surface area contributed by atoms with Crippen LogP contribution in [0, 0.1) is 16.7 Å². The van der Waals surface area contributed by atoms with Crippen LogP contribution in [0.1, 0.15) is 28.9 Å². The Morgan fingerprint density at radius 2 is 1.68 bits per heavy atom. The van der Waals surface area contributed by atoms with E-state index in [-0.39, 0.29) is 18.3 Å². The van der Waals surface area contributed by atoms with E-state index in [1.807, 2.05) is 6.07 Å². The summed E-state index contributed by atoms with van der Waals surface area (Å²) in [4.78, 5) is 1.52. The fourth-order valence-corrected chi connectivity index (χ4v) is 4.86. The van der Waals surface area contributed by atoms with E-state index in [1.54, 1.807) is 25.1 Å². The van der Waals surface area contributed by atoms with Gasteiger partial charge >= 0.3 is 0 Å². The standard InChI is InChI=1S/C9H12ClNOSSi.C8H10ClNO2S.ClH/c1-14(2,3)12-7(6-11)8-4-5-9(10)13-8;1-2-12-8(10)7(11)5-3-4-6(9)13-5;/h4-5,7H,1-3H3;3-4,7,10-11H,2H2,1H3;1H. The van der Waals surface area contributed by atoms with Crippen molar-refractivity contribution in [1.82, 2.24) is 0 Å². The van der Waals surface area contributed by atoms with Crippen LogP contribution in [0.5, 0.6) is 0 Å². The van der Waals surface area contributed by atoms with Gasteiger partial charge in [-0.05, 0) is 50.8 Å². The lowest BCUT2D eigenvalue weighted by molar-refractivity contribution is 0.193. The third kappa shape index (κ3) is 9.72. The lowest BCUT2D eigenvalue weighted by Gasteiger charge is -2.20. The molecule has 0 aliphatic carbocycles. The third-order valence-corrected chi connectivity index (χ3v) is 6.35. The highest BCUT2D eigenvalue weighted by Gasteiger charge is 2.23. The van der Waals surface area contributed by atoms with Crippen LogP contribution in [-0.2, 0) is 9.16 Å². The summed E-state index contributed by atoms with van der Waals surface area (Å²) >= 11 is 14.1. The molecular formula is C17H23Cl3N2O3S2Si. The van der Waals surface area contributed by atoms with Crippen LogP contribution in [0.4, 0.5) is 0 Å². The predicted molar refractivity (Wildman–Crippen MR) is 123 cm³/mol. The smallest absolute Gasteiger partial charge is 0.215 e. The molecule has 0 saturated heterocycles. The molecule has 0 aliphatic rings. The van der Waals surface area contributed by atoms with Crippen LogP contribution in [0.3, 0.4) is 0 Å². The summed E-state index contributed by atoms with van der Waals surface area (Å²) in [6, 6.07) is 9.16. The Labute approximate surface area is 190 Å². The molecular weight excluding hydrogens is 479 g/mol. The monoisotopic (exact) mass is 500 g/mol. The highest BCUT2D eigenvalue weighted by molar-refractivity contribution is 7.16. The average Bonchev–Trinajstić information content (AvgIpc) is 3.20. The Bertz CT molecular complexity index is 787. The molecule has 2 unspecified atom stereocenters. The van der Waals surface area contributed by atoms with E-state index in [1.165, 1.54) is 22.7 Å². The summed E-state index contributed by atoms with van der Waals surface area (Å²) in [7, 11) is -1.67. The zero-order valence-corrected chi connectivity index (χ0v) is 20.8. The first-order valence-electron chi connectivity index (χ1n) is 8.04. The summed E-state index contributed by atoms with van der Waals surface area (Å²) in [5, 5.41) is 25.8. The molecule has 2 rings (SSSR count). The molecule has 2 aromatic rings. The molecule has 11 heteroatoms. The van der Waals surface area contributed by atoms with Crippen molar-refractivity contribution >= 4 is 72.5 Å². The van der Waals surface area contributed by atoms with Gasteiger partial charge in [-0.25, -0.2) is 0 Å². The lowest BCUT2D eigenvalue weighted by atomic mass is 10.3. The number of thiophene rings is 2. The minimum Gasteiger partial charge on any atom is -0.479 e. The molecule has 0 saturated carbocycles. The first kappa shape index (κ1) is 27.4. The number of nitrogens with zero attached hydrogens (tertiary/aromatic N) is 1. The molecule has 0 aromatic carbocycles. The zero-order valence-electron chi connectivity index (χ0n) is 15.9. The molecule has 0 radical (unpaired) electrons. The molecule has 0 amide bonds. The second-order valence-electron chi connectivity index (χ2n) is 6.22. The van der Waals surface area contributed by atoms with Gasteiger partial charge in [-0.15, -0.1) is 35.1 Å². The molecule has 2 heterocycles.